The van der Waals surface area contributed by atoms with E-state index in [4.69, 9.17) is 20.4 Å². The molecule has 1 unspecified atom stereocenters. The van der Waals surface area contributed by atoms with Crippen LogP contribution in [0, 0.1) is 0 Å². The van der Waals surface area contributed by atoms with E-state index < -0.39 is 6.23 Å². The predicted octanol–water partition coefficient (Wildman–Crippen LogP) is 1.20. The normalized spacial score (nSPS) is 19.0. The van der Waals surface area contributed by atoms with Crippen LogP contribution in [0.2, 0.25) is 0 Å². The second-order valence-electron chi connectivity index (χ2n) is 9.98. The van der Waals surface area contributed by atoms with Crippen molar-refractivity contribution in [2.45, 2.75) is 25.5 Å². The highest BCUT2D eigenvalue weighted by atomic mass is 16.5. The molecule has 0 bridgehead atoms. The number of aliphatic hydroxyl groups is 1. The van der Waals surface area contributed by atoms with Gasteiger partial charge in [-0.1, -0.05) is 12.1 Å². The molecule has 6 rings (SSSR count). The van der Waals surface area contributed by atoms with E-state index in [0.29, 0.717) is 19.2 Å². The van der Waals surface area contributed by atoms with Gasteiger partial charge in [0.2, 0.25) is 11.9 Å². The molecule has 2 fully saturated rings. The first kappa shape index (κ1) is 24.9. The number of hydrogen-bond acceptors (Lipinski definition) is 11. The molecule has 5 heterocycles. The average molecular weight is 518 g/mol. The van der Waals surface area contributed by atoms with Crippen LogP contribution in [0.5, 0.6) is 0 Å². The number of nitrogens with zero attached hydrogens (tertiary/aromatic N) is 7. The second-order valence-corrected chi connectivity index (χ2v) is 9.98. The van der Waals surface area contributed by atoms with Crippen molar-refractivity contribution in [1.29, 1.82) is 0 Å². The molecular formula is C27H35N9O2. The summed E-state index contributed by atoms with van der Waals surface area (Å²) in [4.78, 5) is 25.0. The van der Waals surface area contributed by atoms with Gasteiger partial charge in [-0.25, -0.2) is 15.0 Å². The molecule has 11 nitrogen and oxygen atoms in total. The number of benzene rings is 1. The molecule has 11 heteroatoms. The minimum absolute atomic E-state index is 0.245. The number of nitrogen functional groups attached to an aromatic ring is 1. The number of anilines is 4. The lowest BCUT2D eigenvalue weighted by molar-refractivity contribution is -0.00881. The van der Waals surface area contributed by atoms with Crippen molar-refractivity contribution < 1.29 is 9.84 Å². The minimum Gasteiger partial charge on any atom is -0.378 e. The lowest BCUT2D eigenvalue weighted by atomic mass is 10.1. The van der Waals surface area contributed by atoms with Crippen LogP contribution in [0.1, 0.15) is 17.5 Å². The van der Waals surface area contributed by atoms with E-state index in [1.54, 1.807) is 12.4 Å². The van der Waals surface area contributed by atoms with Crippen molar-refractivity contribution in [1.82, 2.24) is 30.2 Å². The maximum absolute atomic E-state index is 10.6. The van der Waals surface area contributed by atoms with E-state index >= 15 is 0 Å². The van der Waals surface area contributed by atoms with Gasteiger partial charge in [0.25, 0.3) is 0 Å². The van der Waals surface area contributed by atoms with Crippen molar-refractivity contribution in [2.75, 3.05) is 74.6 Å². The Balaban J connectivity index is 1.24. The summed E-state index contributed by atoms with van der Waals surface area (Å²) in [5.41, 5.74) is 10.9. The summed E-state index contributed by atoms with van der Waals surface area (Å²) in [6.45, 7) is 7.32. The molecule has 4 N–H and O–H groups in total. The maximum Gasteiger partial charge on any atom is 0.228 e. The molecule has 0 aliphatic carbocycles. The number of nitrogens with one attached hydrogen (secondary N) is 1. The average Bonchev–Trinajstić information content (AvgIpc) is 3.41. The number of ether oxygens (including phenoxy) is 1. The number of morpholine rings is 1. The topological polar surface area (TPSA) is 129 Å². The second kappa shape index (κ2) is 11.2. The van der Waals surface area contributed by atoms with Crippen LogP contribution in [0.4, 0.5) is 23.4 Å². The summed E-state index contributed by atoms with van der Waals surface area (Å²) in [5.74, 6) is 1.87. The molecular weight excluding hydrogens is 482 g/mol. The fourth-order valence-electron chi connectivity index (χ4n) is 5.40. The van der Waals surface area contributed by atoms with Gasteiger partial charge in [0.1, 0.15) is 12.0 Å². The number of aromatic nitrogens is 4. The van der Waals surface area contributed by atoms with Gasteiger partial charge >= 0.3 is 0 Å². The molecule has 3 aromatic rings. The zero-order valence-corrected chi connectivity index (χ0v) is 21.6. The van der Waals surface area contributed by atoms with E-state index in [0.717, 1.165) is 93.4 Å². The number of hydrogen-bond donors (Lipinski definition) is 3. The lowest BCUT2D eigenvalue weighted by Gasteiger charge is -2.31. The van der Waals surface area contributed by atoms with Gasteiger partial charge in [-0.15, -0.1) is 0 Å². The van der Waals surface area contributed by atoms with Crippen molar-refractivity contribution in [2.24, 2.45) is 0 Å². The first-order valence-corrected chi connectivity index (χ1v) is 13.5. The van der Waals surface area contributed by atoms with Crippen LogP contribution in [-0.2, 0) is 17.6 Å². The van der Waals surface area contributed by atoms with Crippen molar-refractivity contribution in [3.05, 3.63) is 47.8 Å². The summed E-state index contributed by atoms with van der Waals surface area (Å²) < 4.78 is 5.55. The number of rotatable bonds is 7. The van der Waals surface area contributed by atoms with Crippen LogP contribution in [0.3, 0.4) is 0 Å². The van der Waals surface area contributed by atoms with Crippen LogP contribution in [0.15, 0.2) is 36.7 Å². The molecule has 1 atom stereocenters. The minimum atomic E-state index is -0.395. The number of fused-ring (bicyclic) bond motifs is 1. The molecule has 0 spiro atoms. The highest BCUT2D eigenvalue weighted by Gasteiger charge is 2.29. The van der Waals surface area contributed by atoms with Gasteiger partial charge in [0.15, 0.2) is 0 Å². The molecule has 200 valence electrons. The highest BCUT2D eigenvalue weighted by Crippen LogP contribution is 2.39. The third-order valence-corrected chi connectivity index (χ3v) is 7.57. The number of nitrogens with two attached hydrogens (primary N) is 1. The smallest absolute Gasteiger partial charge is 0.228 e. The van der Waals surface area contributed by atoms with Crippen LogP contribution < -0.4 is 20.9 Å². The Morgan fingerprint density at radius 1 is 0.974 bits per heavy atom. The third kappa shape index (κ3) is 5.28. The number of aliphatic hydroxyl groups excluding tert-OH is 1. The SMILES string of the molecule is Nc1ncc(-c2nc(N3CCOCC3)nc3c2CCN3c2ccc(CCC(O)N3CCNCC3)cc2)cn1. The molecule has 0 saturated carbocycles. The molecule has 2 aromatic heterocycles. The van der Waals surface area contributed by atoms with Crippen molar-refractivity contribution in [3.63, 3.8) is 0 Å². The van der Waals surface area contributed by atoms with Gasteiger partial charge < -0.3 is 30.7 Å². The molecule has 3 aliphatic rings. The number of aryl methyl sites for hydroxylation is 1. The van der Waals surface area contributed by atoms with Gasteiger partial charge in [-0.2, -0.15) is 4.98 Å². The number of piperazine rings is 1. The Morgan fingerprint density at radius 3 is 2.45 bits per heavy atom. The molecule has 3 aliphatic heterocycles. The van der Waals surface area contributed by atoms with E-state index in [-0.39, 0.29) is 5.95 Å². The fraction of sp³-hybridized carbons (Fsp3) is 0.481. The summed E-state index contributed by atoms with van der Waals surface area (Å²) >= 11 is 0. The van der Waals surface area contributed by atoms with E-state index in [1.807, 2.05) is 0 Å². The third-order valence-electron chi connectivity index (χ3n) is 7.57. The first-order valence-electron chi connectivity index (χ1n) is 13.5. The Kier molecular flexibility index (Phi) is 7.32. The summed E-state index contributed by atoms with van der Waals surface area (Å²) in [6, 6.07) is 8.64. The Morgan fingerprint density at radius 2 is 1.71 bits per heavy atom. The molecule has 0 radical (unpaired) electrons. The molecule has 38 heavy (non-hydrogen) atoms. The van der Waals surface area contributed by atoms with Crippen molar-refractivity contribution >= 4 is 23.4 Å². The summed E-state index contributed by atoms with van der Waals surface area (Å²) in [5, 5.41) is 13.9. The predicted molar refractivity (Wildman–Crippen MR) is 146 cm³/mol. The summed E-state index contributed by atoms with van der Waals surface area (Å²) in [6.07, 6.45) is 5.48. The zero-order valence-electron chi connectivity index (χ0n) is 21.6. The van der Waals surface area contributed by atoms with Crippen LogP contribution in [0.25, 0.3) is 11.3 Å². The van der Waals surface area contributed by atoms with Gasteiger partial charge in [0, 0.05) is 75.0 Å². The van der Waals surface area contributed by atoms with E-state index in [2.05, 4.69) is 54.2 Å². The largest absolute Gasteiger partial charge is 0.378 e. The van der Waals surface area contributed by atoms with Gasteiger partial charge in [-0.3, -0.25) is 4.90 Å². The van der Waals surface area contributed by atoms with Crippen LogP contribution in [-0.4, -0.2) is 95.2 Å². The lowest BCUT2D eigenvalue weighted by Crippen LogP contribution is -2.48. The molecule has 1 aromatic carbocycles. The maximum atomic E-state index is 10.6. The zero-order chi connectivity index (χ0) is 25.9. The van der Waals surface area contributed by atoms with Gasteiger partial charge in [-0.05, 0) is 37.0 Å². The van der Waals surface area contributed by atoms with Gasteiger partial charge in [0.05, 0.1) is 18.9 Å². The van der Waals surface area contributed by atoms with E-state index in [1.165, 1.54) is 5.56 Å². The standard InChI is InChI=1S/C27H35N9O2/c28-26-30-17-20(18-31-26)24-22-7-10-36(25(22)33-27(32-24)35-13-15-38-16-14-35)21-4-1-19(2-5-21)3-6-23(37)34-11-8-29-9-12-34/h1-2,4-5,17-18,23,29,37H,3,6-16H2,(H2,28,30,31). The van der Waals surface area contributed by atoms with E-state index in [9.17, 15) is 5.11 Å². The summed E-state index contributed by atoms with van der Waals surface area (Å²) in [7, 11) is 0. The monoisotopic (exact) mass is 517 g/mol. The quantitative estimate of drug-likeness (QED) is 0.418. The van der Waals surface area contributed by atoms with Crippen molar-refractivity contribution in [3.8, 4) is 11.3 Å². The Labute approximate surface area is 222 Å². The Hall–Kier alpha value is -3.38. The Bertz CT molecular complexity index is 1230. The molecule has 0 amide bonds. The van der Waals surface area contributed by atoms with Crippen LogP contribution >= 0.6 is 0 Å². The highest BCUT2D eigenvalue weighted by molar-refractivity contribution is 5.76. The molecule has 2 saturated heterocycles. The first-order chi connectivity index (χ1) is 18.7. The fourth-order valence-corrected chi connectivity index (χ4v) is 5.40.